The fourth-order valence-electron chi connectivity index (χ4n) is 5.41. The normalized spacial score (nSPS) is 31.6. The SMILES string of the molecule is CC1(C)[C@H]2CC[C@@]1(C)[C@H](NC(=O)c1ccc(CN3C(=O)CCC3=O)cc1)C2. The highest BCUT2D eigenvalue weighted by atomic mass is 16.2. The number of amides is 3. The summed E-state index contributed by atoms with van der Waals surface area (Å²) in [6.07, 6.45) is 4.10. The van der Waals surface area contributed by atoms with Crippen LogP contribution in [0, 0.1) is 16.7 Å². The lowest BCUT2D eigenvalue weighted by atomic mass is 9.69. The lowest BCUT2D eigenvalue weighted by molar-refractivity contribution is -0.139. The van der Waals surface area contributed by atoms with Gasteiger partial charge in [-0.1, -0.05) is 32.9 Å². The van der Waals surface area contributed by atoms with Crippen molar-refractivity contribution in [3.8, 4) is 0 Å². The molecule has 144 valence electrons. The fourth-order valence-corrected chi connectivity index (χ4v) is 5.41. The molecule has 0 aromatic heterocycles. The van der Waals surface area contributed by atoms with Crippen LogP contribution in [0.2, 0.25) is 0 Å². The molecule has 2 aliphatic carbocycles. The third kappa shape index (κ3) is 2.79. The monoisotopic (exact) mass is 368 g/mol. The van der Waals surface area contributed by atoms with Crippen molar-refractivity contribution in [1.82, 2.24) is 10.2 Å². The summed E-state index contributed by atoms with van der Waals surface area (Å²) in [6.45, 7) is 7.29. The number of nitrogens with zero attached hydrogens (tertiary/aromatic N) is 1. The van der Waals surface area contributed by atoms with Crippen molar-refractivity contribution >= 4 is 17.7 Å². The maximum Gasteiger partial charge on any atom is 0.251 e. The van der Waals surface area contributed by atoms with E-state index in [0.717, 1.165) is 12.0 Å². The standard InChI is InChI=1S/C22H28N2O3/c1-21(2)16-10-11-22(21,3)17(12-16)23-20(27)15-6-4-14(5-7-15)13-24-18(25)8-9-19(24)26/h4-7,16-17H,8-13H2,1-3H3,(H,23,27)/t16-,17+,22-/m0/s1. The summed E-state index contributed by atoms with van der Waals surface area (Å²) in [7, 11) is 0. The molecule has 1 aromatic rings. The maximum atomic E-state index is 12.8. The number of carbonyl (C=O) groups excluding carboxylic acids is 3. The van der Waals surface area contributed by atoms with Crippen molar-refractivity contribution in [2.24, 2.45) is 16.7 Å². The predicted octanol–water partition coefficient (Wildman–Crippen LogP) is 3.28. The smallest absolute Gasteiger partial charge is 0.251 e. The number of benzene rings is 1. The van der Waals surface area contributed by atoms with Gasteiger partial charge in [-0.15, -0.1) is 0 Å². The predicted molar refractivity (Wildman–Crippen MR) is 102 cm³/mol. The Morgan fingerprint density at radius 2 is 1.74 bits per heavy atom. The van der Waals surface area contributed by atoms with Gasteiger partial charge in [0.2, 0.25) is 11.8 Å². The summed E-state index contributed by atoms with van der Waals surface area (Å²) in [6, 6.07) is 7.46. The number of likely N-dealkylation sites (tertiary alicyclic amines) is 1. The van der Waals surface area contributed by atoms with Crippen LogP contribution < -0.4 is 5.32 Å². The molecule has 2 saturated carbocycles. The third-order valence-corrected chi connectivity index (χ3v) is 7.81. The van der Waals surface area contributed by atoms with E-state index in [4.69, 9.17) is 0 Å². The molecule has 4 rings (SSSR count). The van der Waals surface area contributed by atoms with E-state index in [1.54, 1.807) is 12.1 Å². The molecule has 1 N–H and O–H groups in total. The molecule has 1 saturated heterocycles. The van der Waals surface area contributed by atoms with Crippen molar-refractivity contribution in [2.75, 3.05) is 0 Å². The van der Waals surface area contributed by atoms with Gasteiger partial charge in [0.25, 0.3) is 5.91 Å². The highest BCUT2D eigenvalue weighted by Crippen LogP contribution is 2.65. The molecule has 3 aliphatic rings. The molecule has 0 radical (unpaired) electrons. The van der Waals surface area contributed by atoms with Gasteiger partial charge in [0.15, 0.2) is 0 Å². The minimum absolute atomic E-state index is 0.0375. The average Bonchev–Trinajstić information content (AvgIpc) is 3.13. The topological polar surface area (TPSA) is 66.5 Å². The van der Waals surface area contributed by atoms with Crippen molar-refractivity contribution in [2.45, 2.75) is 65.5 Å². The molecule has 3 amide bonds. The van der Waals surface area contributed by atoms with Gasteiger partial charge in [-0.3, -0.25) is 19.3 Å². The summed E-state index contributed by atoms with van der Waals surface area (Å²) >= 11 is 0. The van der Waals surface area contributed by atoms with E-state index in [1.165, 1.54) is 17.7 Å². The molecule has 1 aromatic carbocycles. The summed E-state index contributed by atoms with van der Waals surface area (Å²) in [5, 5.41) is 3.27. The minimum atomic E-state index is -0.117. The first-order valence-electron chi connectivity index (χ1n) is 9.95. The third-order valence-electron chi connectivity index (χ3n) is 7.81. The quantitative estimate of drug-likeness (QED) is 0.830. The van der Waals surface area contributed by atoms with Gasteiger partial charge in [0, 0.05) is 24.4 Å². The molecule has 1 aliphatic heterocycles. The summed E-state index contributed by atoms with van der Waals surface area (Å²) in [5.74, 6) is 0.415. The molecule has 5 nitrogen and oxygen atoms in total. The Bertz CT molecular complexity index is 782. The second kappa shape index (κ2) is 6.18. The lowest BCUT2D eigenvalue weighted by Crippen LogP contribution is -2.46. The van der Waals surface area contributed by atoms with Crippen LogP contribution in [0.1, 0.15) is 68.8 Å². The first kappa shape index (κ1) is 18.2. The highest BCUT2D eigenvalue weighted by molar-refractivity contribution is 6.01. The number of rotatable bonds is 4. The fraction of sp³-hybridized carbons (Fsp3) is 0.591. The van der Waals surface area contributed by atoms with Crippen LogP contribution in [0.3, 0.4) is 0 Å². The minimum Gasteiger partial charge on any atom is -0.349 e. The molecular weight excluding hydrogens is 340 g/mol. The number of carbonyl (C=O) groups is 3. The number of hydrogen-bond donors (Lipinski definition) is 1. The van der Waals surface area contributed by atoms with E-state index >= 15 is 0 Å². The Morgan fingerprint density at radius 3 is 2.26 bits per heavy atom. The Kier molecular flexibility index (Phi) is 4.17. The largest absolute Gasteiger partial charge is 0.349 e. The van der Waals surface area contributed by atoms with E-state index in [2.05, 4.69) is 26.1 Å². The molecule has 27 heavy (non-hydrogen) atoms. The van der Waals surface area contributed by atoms with Crippen molar-refractivity contribution in [1.29, 1.82) is 0 Å². The molecular formula is C22H28N2O3. The summed E-state index contributed by atoms with van der Waals surface area (Å²) < 4.78 is 0. The number of nitrogens with one attached hydrogen (secondary N) is 1. The van der Waals surface area contributed by atoms with Crippen molar-refractivity contribution in [3.63, 3.8) is 0 Å². The van der Waals surface area contributed by atoms with Gasteiger partial charge < -0.3 is 5.32 Å². The Balaban J connectivity index is 1.42. The van der Waals surface area contributed by atoms with Crippen molar-refractivity contribution in [3.05, 3.63) is 35.4 Å². The molecule has 3 atom stereocenters. The highest BCUT2D eigenvalue weighted by Gasteiger charge is 2.61. The van der Waals surface area contributed by atoms with E-state index in [-0.39, 0.29) is 41.1 Å². The van der Waals surface area contributed by atoms with Crippen LogP contribution in [-0.4, -0.2) is 28.7 Å². The summed E-state index contributed by atoms with van der Waals surface area (Å²) in [5.41, 5.74) is 1.91. The number of imide groups is 1. The number of hydrogen-bond acceptors (Lipinski definition) is 3. The Labute approximate surface area is 160 Å². The molecule has 0 spiro atoms. The molecule has 1 heterocycles. The van der Waals surface area contributed by atoms with Gasteiger partial charge in [-0.05, 0) is 53.7 Å². The zero-order valence-corrected chi connectivity index (χ0v) is 16.4. The van der Waals surface area contributed by atoms with Gasteiger partial charge in [0.05, 0.1) is 6.54 Å². The molecule has 5 heteroatoms. The zero-order valence-electron chi connectivity index (χ0n) is 16.4. The second-order valence-corrected chi connectivity index (χ2v) is 9.21. The molecule has 3 fully saturated rings. The van der Waals surface area contributed by atoms with Gasteiger partial charge >= 0.3 is 0 Å². The van der Waals surface area contributed by atoms with Crippen LogP contribution in [-0.2, 0) is 16.1 Å². The average molecular weight is 368 g/mol. The molecule has 2 bridgehead atoms. The van der Waals surface area contributed by atoms with Crippen LogP contribution >= 0.6 is 0 Å². The summed E-state index contributed by atoms with van der Waals surface area (Å²) in [4.78, 5) is 37.5. The Hall–Kier alpha value is -2.17. The first-order valence-corrected chi connectivity index (χ1v) is 9.95. The van der Waals surface area contributed by atoms with Crippen molar-refractivity contribution < 1.29 is 14.4 Å². The van der Waals surface area contributed by atoms with Gasteiger partial charge in [-0.2, -0.15) is 0 Å². The lowest BCUT2D eigenvalue weighted by Gasteiger charge is -2.39. The van der Waals surface area contributed by atoms with E-state index in [9.17, 15) is 14.4 Å². The van der Waals surface area contributed by atoms with Gasteiger partial charge in [-0.25, -0.2) is 0 Å². The first-order chi connectivity index (χ1) is 12.7. The van der Waals surface area contributed by atoms with E-state index in [0.29, 0.717) is 24.3 Å². The van der Waals surface area contributed by atoms with Crippen LogP contribution in [0.25, 0.3) is 0 Å². The van der Waals surface area contributed by atoms with Crippen LogP contribution in [0.15, 0.2) is 24.3 Å². The van der Waals surface area contributed by atoms with Crippen LogP contribution in [0.5, 0.6) is 0 Å². The Morgan fingerprint density at radius 1 is 1.11 bits per heavy atom. The molecule has 0 unspecified atom stereocenters. The van der Waals surface area contributed by atoms with E-state index < -0.39 is 0 Å². The second-order valence-electron chi connectivity index (χ2n) is 9.21. The van der Waals surface area contributed by atoms with Gasteiger partial charge in [0.1, 0.15) is 0 Å². The zero-order chi connectivity index (χ0) is 19.4. The van der Waals surface area contributed by atoms with Crippen LogP contribution in [0.4, 0.5) is 0 Å². The number of fused-ring (bicyclic) bond motifs is 2. The van der Waals surface area contributed by atoms with E-state index in [1.807, 2.05) is 12.1 Å². The maximum absolute atomic E-state index is 12.8.